The molecule has 0 amide bonds. The highest BCUT2D eigenvalue weighted by atomic mass is 16.6. The first-order chi connectivity index (χ1) is 8.75. The number of carbonyl (C=O) groups is 2. The van der Waals surface area contributed by atoms with E-state index >= 15 is 0 Å². The minimum absolute atomic E-state index is 0.287. The van der Waals surface area contributed by atoms with Crippen molar-refractivity contribution in [2.24, 2.45) is 11.3 Å². The Morgan fingerprint density at radius 1 is 1.11 bits per heavy atom. The summed E-state index contributed by atoms with van der Waals surface area (Å²) in [6.45, 7) is 9.21. The van der Waals surface area contributed by atoms with E-state index in [0.29, 0.717) is 12.3 Å². The Labute approximate surface area is 115 Å². The van der Waals surface area contributed by atoms with E-state index in [9.17, 15) is 9.59 Å². The summed E-state index contributed by atoms with van der Waals surface area (Å²) in [6, 6.07) is 0. The van der Waals surface area contributed by atoms with Crippen molar-refractivity contribution in [1.82, 2.24) is 0 Å². The first kappa shape index (κ1) is 16.0. The van der Waals surface area contributed by atoms with Gasteiger partial charge in [0.25, 0.3) is 0 Å². The third-order valence-electron chi connectivity index (χ3n) is 4.25. The van der Waals surface area contributed by atoms with E-state index in [4.69, 9.17) is 9.47 Å². The first-order valence-electron chi connectivity index (χ1n) is 7.14. The zero-order valence-corrected chi connectivity index (χ0v) is 12.7. The highest BCUT2D eigenvalue weighted by Gasteiger charge is 2.43. The van der Waals surface area contributed by atoms with Crippen LogP contribution in [-0.4, -0.2) is 24.1 Å². The maximum Gasteiger partial charge on any atom is 0.344 e. The summed E-state index contributed by atoms with van der Waals surface area (Å²) in [5, 5.41) is 0. The predicted molar refractivity (Wildman–Crippen MR) is 72.5 cm³/mol. The van der Waals surface area contributed by atoms with Crippen molar-refractivity contribution in [2.45, 2.75) is 65.9 Å². The van der Waals surface area contributed by atoms with Crippen LogP contribution in [-0.2, 0) is 19.1 Å². The third-order valence-corrected chi connectivity index (χ3v) is 4.25. The number of carbonyl (C=O) groups excluding carboxylic acids is 2. The van der Waals surface area contributed by atoms with Crippen LogP contribution >= 0.6 is 0 Å². The van der Waals surface area contributed by atoms with Crippen molar-refractivity contribution in [1.29, 1.82) is 0 Å². The summed E-state index contributed by atoms with van der Waals surface area (Å²) in [5.74, 6) is -0.336. The minimum atomic E-state index is -0.551. The average molecular weight is 270 g/mol. The van der Waals surface area contributed by atoms with E-state index in [1.807, 2.05) is 20.8 Å². The summed E-state index contributed by atoms with van der Waals surface area (Å²) in [6.07, 6.45) is 3.69. The van der Waals surface area contributed by atoms with Crippen LogP contribution < -0.4 is 0 Å². The van der Waals surface area contributed by atoms with E-state index in [1.165, 1.54) is 0 Å². The van der Waals surface area contributed by atoms with Crippen molar-refractivity contribution in [3.8, 4) is 0 Å². The molecule has 0 heterocycles. The summed E-state index contributed by atoms with van der Waals surface area (Å²) >= 11 is 0. The van der Waals surface area contributed by atoms with Crippen molar-refractivity contribution in [3.63, 3.8) is 0 Å². The molecule has 0 saturated heterocycles. The molecule has 1 rings (SSSR count). The Bertz CT molecular complexity index is 344. The molecule has 0 N–H and O–H groups in total. The summed E-state index contributed by atoms with van der Waals surface area (Å²) in [4.78, 5) is 23.5. The van der Waals surface area contributed by atoms with Crippen LogP contribution in [0.4, 0.5) is 0 Å². The predicted octanol–water partition coefficient (Wildman–Crippen LogP) is 3.09. The second-order valence-electron chi connectivity index (χ2n) is 6.23. The molecule has 1 aliphatic carbocycles. The van der Waals surface area contributed by atoms with Gasteiger partial charge in [0.1, 0.15) is 5.60 Å². The Morgan fingerprint density at radius 3 is 2.11 bits per heavy atom. The molecule has 0 aromatic carbocycles. The molecule has 1 aliphatic rings. The van der Waals surface area contributed by atoms with Crippen LogP contribution in [0.3, 0.4) is 0 Å². The van der Waals surface area contributed by atoms with Crippen LogP contribution in [0.2, 0.25) is 0 Å². The number of esters is 2. The van der Waals surface area contributed by atoms with E-state index in [-0.39, 0.29) is 12.6 Å². The summed E-state index contributed by atoms with van der Waals surface area (Å²) in [5.41, 5.74) is -0.950. The van der Waals surface area contributed by atoms with E-state index in [0.717, 1.165) is 19.3 Å². The molecule has 4 nitrogen and oxygen atoms in total. The lowest BCUT2D eigenvalue weighted by molar-refractivity contribution is -0.174. The normalized spacial score (nSPS) is 18.6. The Hall–Kier alpha value is -1.06. The molecule has 19 heavy (non-hydrogen) atoms. The number of hydrogen-bond donors (Lipinski definition) is 0. The maximum absolute atomic E-state index is 11.8. The topological polar surface area (TPSA) is 52.6 Å². The second-order valence-corrected chi connectivity index (χ2v) is 6.23. The van der Waals surface area contributed by atoms with Gasteiger partial charge in [-0.15, -0.1) is 0 Å². The van der Waals surface area contributed by atoms with Crippen LogP contribution in [0, 0.1) is 11.3 Å². The SMILES string of the molecule is CCC(C)(C)C(=O)OCC(=O)OC(C)(CC)C1CC1. The Balaban J connectivity index is 2.41. The third kappa shape index (κ3) is 4.22. The van der Waals surface area contributed by atoms with Crippen LogP contribution in [0.5, 0.6) is 0 Å². The van der Waals surface area contributed by atoms with Crippen LogP contribution in [0.15, 0.2) is 0 Å². The molecule has 110 valence electrons. The van der Waals surface area contributed by atoms with Crippen LogP contribution in [0.1, 0.15) is 60.3 Å². The fraction of sp³-hybridized carbons (Fsp3) is 0.867. The molecular weight excluding hydrogens is 244 g/mol. The number of rotatable bonds is 7. The van der Waals surface area contributed by atoms with E-state index in [1.54, 1.807) is 13.8 Å². The lowest BCUT2D eigenvalue weighted by Crippen LogP contribution is -2.36. The van der Waals surface area contributed by atoms with Gasteiger partial charge in [-0.3, -0.25) is 4.79 Å². The average Bonchev–Trinajstić information content (AvgIpc) is 3.20. The van der Waals surface area contributed by atoms with Crippen LogP contribution in [0.25, 0.3) is 0 Å². The monoisotopic (exact) mass is 270 g/mol. The van der Waals surface area contributed by atoms with Gasteiger partial charge < -0.3 is 9.47 Å². The highest BCUT2D eigenvalue weighted by molar-refractivity contribution is 5.79. The molecule has 0 spiro atoms. The fourth-order valence-corrected chi connectivity index (χ4v) is 1.89. The molecule has 1 unspecified atom stereocenters. The van der Waals surface area contributed by atoms with Crippen molar-refractivity contribution in [3.05, 3.63) is 0 Å². The molecular formula is C15H26O4. The minimum Gasteiger partial charge on any atom is -0.457 e. The lowest BCUT2D eigenvalue weighted by atomic mass is 9.91. The van der Waals surface area contributed by atoms with Gasteiger partial charge in [0.2, 0.25) is 0 Å². The van der Waals surface area contributed by atoms with Crippen molar-refractivity contribution >= 4 is 11.9 Å². The smallest absolute Gasteiger partial charge is 0.344 e. The maximum atomic E-state index is 11.8. The molecule has 0 bridgehead atoms. The molecule has 0 radical (unpaired) electrons. The second kappa shape index (κ2) is 5.93. The van der Waals surface area contributed by atoms with Gasteiger partial charge in [-0.05, 0) is 52.4 Å². The number of hydrogen-bond acceptors (Lipinski definition) is 4. The standard InChI is InChI=1S/C15H26O4/c1-6-14(3,4)13(17)18-10-12(16)19-15(5,7-2)11-8-9-11/h11H,6-10H2,1-5H3. The molecule has 0 aromatic heterocycles. The summed E-state index contributed by atoms with van der Waals surface area (Å²) < 4.78 is 10.5. The van der Waals surface area contributed by atoms with Gasteiger partial charge >= 0.3 is 11.9 Å². The van der Waals surface area contributed by atoms with Crippen molar-refractivity contribution < 1.29 is 19.1 Å². The fourth-order valence-electron chi connectivity index (χ4n) is 1.89. The molecule has 1 atom stereocenters. The zero-order valence-electron chi connectivity index (χ0n) is 12.7. The molecule has 4 heteroatoms. The van der Waals surface area contributed by atoms with Crippen molar-refractivity contribution in [2.75, 3.05) is 6.61 Å². The number of ether oxygens (including phenoxy) is 2. The quantitative estimate of drug-likeness (QED) is 0.667. The highest BCUT2D eigenvalue weighted by Crippen LogP contribution is 2.43. The molecule has 1 fully saturated rings. The molecule has 1 saturated carbocycles. The van der Waals surface area contributed by atoms with E-state index in [2.05, 4.69) is 0 Å². The summed E-state index contributed by atoms with van der Waals surface area (Å²) in [7, 11) is 0. The van der Waals surface area contributed by atoms with E-state index < -0.39 is 17.0 Å². The van der Waals surface area contributed by atoms with Gasteiger partial charge in [-0.2, -0.15) is 0 Å². The Kier molecular flexibility index (Phi) is 4.99. The lowest BCUT2D eigenvalue weighted by Gasteiger charge is -2.28. The van der Waals surface area contributed by atoms with Gasteiger partial charge in [0.05, 0.1) is 5.41 Å². The first-order valence-corrected chi connectivity index (χ1v) is 7.14. The molecule has 0 aromatic rings. The largest absolute Gasteiger partial charge is 0.457 e. The zero-order chi connectivity index (χ0) is 14.7. The Morgan fingerprint density at radius 2 is 1.68 bits per heavy atom. The van der Waals surface area contributed by atoms with Gasteiger partial charge in [0.15, 0.2) is 6.61 Å². The van der Waals surface area contributed by atoms with Gasteiger partial charge in [-0.1, -0.05) is 13.8 Å². The van der Waals surface area contributed by atoms with Gasteiger partial charge in [-0.25, -0.2) is 4.79 Å². The molecule has 0 aliphatic heterocycles. The van der Waals surface area contributed by atoms with Gasteiger partial charge in [0, 0.05) is 0 Å².